The van der Waals surface area contributed by atoms with Gasteiger partial charge in [-0.05, 0) is 30.4 Å². The molecule has 1 aliphatic carbocycles. The van der Waals surface area contributed by atoms with Crippen LogP contribution in [0.3, 0.4) is 0 Å². The van der Waals surface area contributed by atoms with Crippen molar-refractivity contribution < 1.29 is 14.4 Å². The lowest BCUT2D eigenvalue weighted by atomic mass is 9.84. The number of benzene rings is 1. The van der Waals surface area contributed by atoms with E-state index in [0.717, 1.165) is 41.8 Å². The molecular formula is C21H29N3O3. The number of nitrogens with one attached hydrogen (secondary N) is 2. The summed E-state index contributed by atoms with van der Waals surface area (Å²) in [7, 11) is 0. The van der Waals surface area contributed by atoms with Gasteiger partial charge in [0, 0.05) is 5.69 Å². The predicted molar refractivity (Wildman–Crippen MR) is 104 cm³/mol. The fraction of sp³-hybridized carbons (Fsp3) is 0.571. The average Bonchev–Trinajstić information content (AvgIpc) is 2.83. The molecule has 2 N–H and O–H groups in total. The molecule has 1 heterocycles. The minimum atomic E-state index is -0.812. The molecule has 2 aliphatic rings. The van der Waals surface area contributed by atoms with E-state index in [0.29, 0.717) is 12.8 Å². The number of imide groups is 1. The van der Waals surface area contributed by atoms with E-state index in [-0.39, 0.29) is 24.3 Å². The number of hydrogen-bond acceptors (Lipinski definition) is 3. The van der Waals surface area contributed by atoms with Gasteiger partial charge < -0.3 is 10.6 Å². The Hall–Kier alpha value is -2.37. The Morgan fingerprint density at radius 3 is 2.41 bits per heavy atom. The van der Waals surface area contributed by atoms with Gasteiger partial charge in [0.05, 0.1) is 0 Å². The maximum Gasteiger partial charge on any atom is 0.325 e. The average molecular weight is 371 g/mol. The van der Waals surface area contributed by atoms with Gasteiger partial charge >= 0.3 is 6.03 Å². The van der Waals surface area contributed by atoms with Gasteiger partial charge in [0.2, 0.25) is 5.91 Å². The van der Waals surface area contributed by atoms with Gasteiger partial charge in [0.25, 0.3) is 5.91 Å². The van der Waals surface area contributed by atoms with Crippen molar-refractivity contribution in [3.05, 3.63) is 29.8 Å². The standard InChI is InChI=1S/C21H29N3O3/c1-15(2)16-10-6-7-11-17(16)22-18(25)14-24-19(26)21(23-20(24)27)12-8-4-3-5-9-13-21/h6-7,10-11,15H,3-5,8-9,12-14H2,1-2H3,(H,22,25)(H,23,27). The van der Waals surface area contributed by atoms with Crippen molar-refractivity contribution in [2.24, 2.45) is 0 Å². The Bertz CT molecular complexity index is 721. The van der Waals surface area contributed by atoms with Crippen LogP contribution < -0.4 is 10.6 Å². The van der Waals surface area contributed by atoms with Crippen LogP contribution in [0.25, 0.3) is 0 Å². The summed E-state index contributed by atoms with van der Waals surface area (Å²) in [4.78, 5) is 39.0. The molecule has 1 aliphatic heterocycles. The second kappa shape index (κ2) is 8.11. The van der Waals surface area contributed by atoms with Crippen molar-refractivity contribution in [1.29, 1.82) is 0 Å². The highest BCUT2D eigenvalue weighted by molar-refractivity contribution is 6.10. The molecule has 1 aromatic carbocycles. The van der Waals surface area contributed by atoms with Gasteiger partial charge in [-0.3, -0.25) is 14.5 Å². The lowest BCUT2D eigenvalue weighted by Gasteiger charge is -2.28. The van der Waals surface area contributed by atoms with Crippen molar-refractivity contribution in [2.75, 3.05) is 11.9 Å². The van der Waals surface area contributed by atoms with Gasteiger partial charge in [-0.25, -0.2) is 4.79 Å². The zero-order valence-corrected chi connectivity index (χ0v) is 16.2. The summed E-state index contributed by atoms with van der Waals surface area (Å²) in [5, 5.41) is 5.75. The smallest absolute Gasteiger partial charge is 0.324 e. The maximum absolute atomic E-state index is 13.0. The first-order valence-electron chi connectivity index (χ1n) is 9.96. The highest BCUT2D eigenvalue weighted by atomic mass is 16.2. The van der Waals surface area contributed by atoms with Gasteiger partial charge in [0.1, 0.15) is 12.1 Å². The summed E-state index contributed by atoms with van der Waals surface area (Å²) < 4.78 is 0. The van der Waals surface area contributed by atoms with Crippen molar-refractivity contribution in [3.63, 3.8) is 0 Å². The number of para-hydroxylation sites is 1. The Kier molecular flexibility index (Phi) is 5.82. The molecule has 0 aromatic heterocycles. The Balaban J connectivity index is 1.69. The van der Waals surface area contributed by atoms with E-state index < -0.39 is 11.6 Å². The number of anilines is 1. The molecular weight excluding hydrogens is 342 g/mol. The topological polar surface area (TPSA) is 78.5 Å². The predicted octanol–water partition coefficient (Wildman–Crippen LogP) is 3.78. The third-order valence-corrected chi connectivity index (χ3v) is 5.61. The minimum Gasteiger partial charge on any atom is -0.324 e. The molecule has 1 aromatic rings. The second-order valence-corrected chi connectivity index (χ2v) is 7.96. The van der Waals surface area contributed by atoms with Crippen LogP contribution in [0.1, 0.15) is 70.3 Å². The van der Waals surface area contributed by atoms with Crippen molar-refractivity contribution in [2.45, 2.75) is 70.3 Å². The number of nitrogens with zero attached hydrogens (tertiary/aromatic N) is 1. The first kappa shape index (κ1) is 19.4. The van der Waals surface area contributed by atoms with Crippen LogP contribution in [-0.4, -0.2) is 34.8 Å². The number of carbonyl (C=O) groups excluding carboxylic acids is 3. The summed E-state index contributed by atoms with van der Waals surface area (Å²) in [5.74, 6) is -0.340. The van der Waals surface area contributed by atoms with Gasteiger partial charge in [-0.2, -0.15) is 0 Å². The molecule has 0 unspecified atom stereocenters. The summed E-state index contributed by atoms with van der Waals surface area (Å²) in [6.07, 6.45) is 6.51. The number of hydrogen-bond donors (Lipinski definition) is 2. The Morgan fingerprint density at radius 1 is 1.11 bits per heavy atom. The van der Waals surface area contributed by atoms with Crippen LogP contribution in [0.4, 0.5) is 10.5 Å². The lowest BCUT2D eigenvalue weighted by Crippen LogP contribution is -2.47. The van der Waals surface area contributed by atoms with E-state index >= 15 is 0 Å². The zero-order chi connectivity index (χ0) is 19.4. The fourth-order valence-corrected chi connectivity index (χ4v) is 4.12. The SMILES string of the molecule is CC(C)c1ccccc1NC(=O)CN1C(=O)NC2(CCCCCCC2)C1=O. The van der Waals surface area contributed by atoms with E-state index in [1.54, 1.807) is 0 Å². The zero-order valence-electron chi connectivity index (χ0n) is 16.2. The molecule has 0 atom stereocenters. The van der Waals surface area contributed by atoms with Gasteiger partial charge in [-0.15, -0.1) is 0 Å². The minimum absolute atomic E-state index is 0.248. The quantitative estimate of drug-likeness (QED) is 0.791. The molecule has 3 rings (SSSR count). The second-order valence-electron chi connectivity index (χ2n) is 7.96. The number of rotatable bonds is 4. The molecule has 6 heteroatoms. The van der Waals surface area contributed by atoms with E-state index in [2.05, 4.69) is 24.5 Å². The van der Waals surface area contributed by atoms with Crippen LogP contribution >= 0.6 is 0 Å². The van der Waals surface area contributed by atoms with Gasteiger partial charge in [0.15, 0.2) is 0 Å². The Labute approximate surface area is 160 Å². The Morgan fingerprint density at radius 2 is 1.74 bits per heavy atom. The number of amides is 4. The largest absolute Gasteiger partial charge is 0.325 e. The van der Waals surface area contributed by atoms with Crippen LogP contribution in [0.2, 0.25) is 0 Å². The van der Waals surface area contributed by atoms with E-state index in [1.165, 1.54) is 6.42 Å². The van der Waals surface area contributed by atoms with Crippen molar-refractivity contribution in [3.8, 4) is 0 Å². The molecule has 146 valence electrons. The molecule has 1 spiro atoms. The number of urea groups is 1. The molecule has 0 radical (unpaired) electrons. The molecule has 1 saturated carbocycles. The number of carbonyl (C=O) groups is 3. The van der Waals surface area contributed by atoms with E-state index in [1.807, 2.05) is 24.3 Å². The first-order valence-corrected chi connectivity index (χ1v) is 9.96. The summed E-state index contributed by atoms with van der Waals surface area (Å²) >= 11 is 0. The fourth-order valence-electron chi connectivity index (χ4n) is 4.12. The van der Waals surface area contributed by atoms with Crippen LogP contribution in [-0.2, 0) is 9.59 Å². The monoisotopic (exact) mass is 371 g/mol. The van der Waals surface area contributed by atoms with Crippen LogP contribution in [0.15, 0.2) is 24.3 Å². The molecule has 27 heavy (non-hydrogen) atoms. The molecule has 6 nitrogen and oxygen atoms in total. The maximum atomic E-state index is 13.0. The lowest BCUT2D eigenvalue weighted by molar-refractivity contribution is -0.134. The molecule has 4 amide bonds. The summed E-state index contributed by atoms with van der Waals surface area (Å²) in [6.45, 7) is 3.86. The first-order chi connectivity index (χ1) is 12.9. The summed E-state index contributed by atoms with van der Waals surface area (Å²) in [6, 6.07) is 7.15. The van der Waals surface area contributed by atoms with Crippen LogP contribution in [0.5, 0.6) is 0 Å². The third-order valence-electron chi connectivity index (χ3n) is 5.61. The molecule has 1 saturated heterocycles. The normalized spacial score (nSPS) is 19.7. The molecule has 0 bridgehead atoms. The van der Waals surface area contributed by atoms with Crippen molar-refractivity contribution >= 4 is 23.5 Å². The van der Waals surface area contributed by atoms with Crippen molar-refractivity contribution in [1.82, 2.24) is 10.2 Å². The summed E-state index contributed by atoms with van der Waals surface area (Å²) in [5.41, 5.74) is 0.943. The molecule has 2 fully saturated rings. The highest BCUT2D eigenvalue weighted by Gasteiger charge is 2.50. The highest BCUT2D eigenvalue weighted by Crippen LogP contribution is 2.32. The third kappa shape index (κ3) is 4.15. The van der Waals surface area contributed by atoms with Gasteiger partial charge in [-0.1, -0.05) is 64.2 Å². The van der Waals surface area contributed by atoms with E-state index in [9.17, 15) is 14.4 Å². The van der Waals surface area contributed by atoms with Crippen LogP contribution in [0, 0.1) is 0 Å². The van der Waals surface area contributed by atoms with E-state index in [4.69, 9.17) is 0 Å².